The molecule has 0 bridgehead atoms. The molecule has 1 amide bonds. The van der Waals surface area contributed by atoms with Crippen molar-refractivity contribution in [2.45, 2.75) is 79.6 Å². The molecule has 6 nitrogen and oxygen atoms in total. The second-order valence-electron chi connectivity index (χ2n) is 8.42. The number of anilines is 1. The second kappa shape index (κ2) is 10.9. The van der Waals surface area contributed by atoms with E-state index in [1.165, 1.54) is 16.2 Å². The molecule has 2 rings (SSSR count). The number of carbonyl (C=O) groups excluding carboxylic acids is 3. The van der Waals surface area contributed by atoms with Crippen LogP contribution in [0.25, 0.3) is 0 Å². The van der Waals surface area contributed by atoms with E-state index >= 15 is 0 Å². The number of ether oxygens (including phenoxy) is 2. The Morgan fingerprint density at radius 3 is 2.43 bits per heavy atom. The highest BCUT2D eigenvalue weighted by molar-refractivity contribution is 7.17. The van der Waals surface area contributed by atoms with E-state index in [0.29, 0.717) is 36.1 Å². The molecule has 30 heavy (non-hydrogen) atoms. The van der Waals surface area contributed by atoms with Crippen molar-refractivity contribution >= 4 is 34.2 Å². The summed E-state index contributed by atoms with van der Waals surface area (Å²) in [5.74, 6) is -0.315. The molecule has 0 unspecified atom stereocenters. The molecule has 1 N–H and O–H groups in total. The fourth-order valence-corrected chi connectivity index (χ4v) is 5.20. The molecular formula is C23H35NO5S. The van der Waals surface area contributed by atoms with Gasteiger partial charge >= 0.3 is 11.9 Å². The maximum absolute atomic E-state index is 12.7. The molecule has 7 heteroatoms. The Morgan fingerprint density at radius 1 is 1.10 bits per heavy atom. The molecule has 0 saturated carbocycles. The fourth-order valence-electron chi connectivity index (χ4n) is 3.86. The van der Waals surface area contributed by atoms with Gasteiger partial charge in [-0.1, -0.05) is 27.2 Å². The van der Waals surface area contributed by atoms with Crippen molar-refractivity contribution in [2.24, 2.45) is 11.3 Å². The minimum Gasteiger partial charge on any atom is -0.466 e. The predicted molar refractivity (Wildman–Crippen MR) is 119 cm³/mol. The number of amides is 1. The van der Waals surface area contributed by atoms with Crippen LogP contribution in [0.15, 0.2) is 0 Å². The van der Waals surface area contributed by atoms with Crippen LogP contribution in [0.5, 0.6) is 0 Å². The lowest BCUT2D eigenvalue weighted by molar-refractivity contribution is -0.143. The summed E-state index contributed by atoms with van der Waals surface area (Å²) in [6.45, 7) is 11.0. The summed E-state index contributed by atoms with van der Waals surface area (Å²) < 4.78 is 10.2. The van der Waals surface area contributed by atoms with E-state index < -0.39 is 0 Å². The molecule has 0 radical (unpaired) electrons. The van der Waals surface area contributed by atoms with E-state index in [-0.39, 0.29) is 36.1 Å². The van der Waals surface area contributed by atoms with E-state index in [4.69, 9.17) is 9.47 Å². The third-order valence-electron chi connectivity index (χ3n) is 6.10. The Hall–Kier alpha value is -1.89. The van der Waals surface area contributed by atoms with Crippen molar-refractivity contribution in [3.63, 3.8) is 0 Å². The van der Waals surface area contributed by atoms with E-state index in [2.05, 4.69) is 26.1 Å². The van der Waals surface area contributed by atoms with E-state index in [0.717, 1.165) is 31.2 Å². The smallest absolute Gasteiger partial charge is 0.341 e. The quantitative estimate of drug-likeness (QED) is 0.513. The molecule has 1 aliphatic rings. The third kappa shape index (κ3) is 6.06. The highest BCUT2D eigenvalue weighted by Crippen LogP contribution is 2.45. The highest BCUT2D eigenvalue weighted by Gasteiger charge is 2.35. The first-order valence-electron chi connectivity index (χ1n) is 11.0. The van der Waals surface area contributed by atoms with Crippen LogP contribution in [0.2, 0.25) is 0 Å². The first kappa shape index (κ1) is 24.4. The van der Waals surface area contributed by atoms with Crippen molar-refractivity contribution in [1.29, 1.82) is 0 Å². The molecule has 1 heterocycles. The van der Waals surface area contributed by atoms with Gasteiger partial charge < -0.3 is 14.8 Å². The van der Waals surface area contributed by atoms with Crippen LogP contribution in [-0.4, -0.2) is 31.1 Å². The zero-order valence-electron chi connectivity index (χ0n) is 18.9. The average Bonchev–Trinajstić information content (AvgIpc) is 3.05. The van der Waals surface area contributed by atoms with Gasteiger partial charge in [0, 0.05) is 17.7 Å². The van der Waals surface area contributed by atoms with Gasteiger partial charge in [-0.2, -0.15) is 0 Å². The summed E-state index contributed by atoms with van der Waals surface area (Å²) in [4.78, 5) is 37.8. The minimum absolute atomic E-state index is 0.200. The lowest BCUT2D eigenvalue weighted by Gasteiger charge is -2.36. The summed E-state index contributed by atoms with van der Waals surface area (Å²) >= 11 is 1.50. The standard InChI is InChI=1S/C23H35NO5S/c1-6-23(4,5)15-12-13-16-17(14-15)30-21(20(16)22(27)29-8-3)24-18(25)10-9-11-19(26)28-7-2/h15H,6-14H2,1-5H3,(H,24,25)/t15-/m0/s1. The molecule has 168 valence electrons. The number of esters is 2. The Morgan fingerprint density at radius 2 is 1.80 bits per heavy atom. The van der Waals surface area contributed by atoms with Gasteiger partial charge in [0.25, 0.3) is 0 Å². The Labute approximate surface area is 183 Å². The van der Waals surface area contributed by atoms with E-state index in [9.17, 15) is 14.4 Å². The Bertz CT molecular complexity index is 768. The number of thiophene rings is 1. The fraction of sp³-hybridized carbons (Fsp3) is 0.696. The van der Waals surface area contributed by atoms with Gasteiger partial charge in [-0.15, -0.1) is 11.3 Å². The topological polar surface area (TPSA) is 81.7 Å². The van der Waals surface area contributed by atoms with Crippen LogP contribution in [0.1, 0.15) is 87.5 Å². The van der Waals surface area contributed by atoms with Gasteiger partial charge in [0.15, 0.2) is 0 Å². The van der Waals surface area contributed by atoms with Crippen LogP contribution in [-0.2, 0) is 31.9 Å². The number of fused-ring (bicyclic) bond motifs is 1. The molecule has 1 atom stereocenters. The summed E-state index contributed by atoms with van der Waals surface area (Å²) in [5, 5.41) is 3.49. The van der Waals surface area contributed by atoms with Crippen molar-refractivity contribution < 1.29 is 23.9 Å². The summed E-state index contributed by atoms with van der Waals surface area (Å²) in [6.07, 6.45) is 4.71. The number of rotatable bonds is 10. The Balaban J connectivity index is 2.16. The molecule has 0 fully saturated rings. The van der Waals surface area contributed by atoms with Crippen LogP contribution < -0.4 is 5.32 Å². The zero-order valence-corrected chi connectivity index (χ0v) is 19.7. The van der Waals surface area contributed by atoms with Gasteiger partial charge in [0.1, 0.15) is 5.00 Å². The van der Waals surface area contributed by atoms with Crippen LogP contribution >= 0.6 is 11.3 Å². The lowest BCUT2D eigenvalue weighted by Crippen LogP contribution is -2.28. The lowest BCUT2D eigenvalue weighted by atomic mass is 9.69. The normalized spacial score (nSPS) is 16.0. The van der Waals surface area contributed by atoms with Crippen molar-refractivity contribution in [3.8, 4) is 0 Å². The first-order valence-corrected chi connectivity index (χ1v) is 11.8. The van der Waals surface area contributed by atoms with Crippen molar-refractivity contribution in [2.75, 3.05) is 18.5 Å². The van der Waals surface area contributed by atoms with Crippen LogP contribution in [0.3, 0.4) is 0 Å². The minimum atomic E-state index is -0.370. The number of hydrogen-bond donors (Lipinski definition) is 1. The monoisotopic (exact) mass is 437 g/mol. The summed E-state index contributed by atoms with van der Waals surface area (Å²) in [5.41, 5.74) is 1.79. The maximum Gasteiger partial charge on any atom is 0.341 e. The van der Waals surface area contributed by atoms with Gasteiger partial charge in [-0.05, 0) is 56.4 Å². The summed E-state index contributed by atoms with van der Waals surface area (Å²) in [7, 11) is 0. The number of carbonyl (C=O) groups is 3. The average molecular weight is 438 g/mol. The van der Waals surface area contributed by atoms with Gasteiger partial charge in [0.05, 0.1) is 18.8 Å². The van der Waals surface area contributed by atoms with Crippen molar-refractivity contribution in [3.05, 3.63) is 16.0 Å². The van der Waals surface area contributed by atoms with E-state index in [1.807, 2.05) is 0 Å². The predicted octanol–water partition coefficient (Wildman–Crippen LogP) is 5.14. The van der Waals surface area contributed by atoms with Crippen LogP contribution in [0.4, 0.5) is 5.00 Å². The molecule has 1 aromatic rings. The largest absolute Gasteiger partial charge is 0.466 e. The van der Waals surface area contributed by atoms with Gasteiger partial charge in [-0.3, -0.25) is 9.59 Å². The Kier molecular flexibility index (Phi) is 8.89. The number of hydrogen-bond acceptors (Lipinski definition) is 6. The molecule has 1 aromatic heterocycles. The van der Waals surface area contributed by atoms with Crippen LogP contribution in [0, 0.1) is 11.3 Å². The van der Waals surface area contributed by atoms with Gasteiger partial charge in [0.2, 0.25) is 5.91 Å². The highest BCUT2D eigenvalue weighted by atomic mass is 32.1. The zero-order chi connectivity index (χ0) is 22.3. The molecule has 0 aromatic carbocycles. The van der Waals surface area contributed by atoms with Gasteiger partial charge in [-0.25, -0.2) is 4.79 Å². The SMILES string of the molecule is CCOC(=O)CCCC(=O)Nc1sc2c(c1C(=O)OCC)CC[C@H](C(C)(C)CC)C2. The molecule has 0 saturated heterocycles. The first-order chi connectivity index (χ1) is 14.2. The third-order valence-corrected chi connectivity index (χ3v) is 7.27. The molecule has 1 aliphatic carbocycles. The summed E-state index contributed by atoms with van der Waals surface area (Å²) in [6, 6.07) is 0. The van der Waals surface area contributed by atoms with E-state index in [1.54, 1.807) is 13.8 Å². The van der Waals surface area contributed by atoms with Crippen molar-refractivity contribution in [1.82, 2.24) is 0 Å². The molecule has 0 spiro atoms. The maximum atomic E-state index is 12.7. The molecule has 0 aliphatic heterocycles. The number of nitrogens with one attached hydrogen (secondary N) is 1. The second-order valence-corrected chi connectivity index (χ2v) is 9.52. The molecular weight excluding hydrogens is 402 g/mol.